The van der Waals surface area contributed by atoms with Crippen molar-refractivity contribution in [3.05, 3.63) is 65.0 Å². The summed E-state index contributed by atoms with van der Waals surface area (Å²) < 4.78 is 68.7. The number of aryl methyl sites for hydroxylation is 3. The molecule has 0 radical (unpaired) electrons. The molecule has 3 aromatic rings. The number of benzene rings is 2. The molecule has 0 unspecified atom stereocenters. The van der Waals surface area contributed by atoms with Gasteiger partial charge in [-0.1, -0.05) is 35.8 Å². The average molecular weight is 621 g/mol. The summed E-state index contributed by atoms with van der Waals surface area (Å²) in [7, 11) is -6.70. The number of rotatable bonds is 9. The lowest BCUT2D eigenvalue weighted by atomic mass is 9.99. The first-order chi connectivity index (χ1) is 19.7. The Hall–Kier alpha value is -3.46. The Morgan fingerprint density at radius 2 is 1.79 bits per heavy atom. The number of para-hydroxylation sites is 1. The van der Waals surface area contributed by atoms with Crippen molar-refractivity contribution >= 4 is 31.6 Å². The molecule has 1 aliphatic heterocycles. The minimum absolute atomic E-state index is 0.0216. The van der Waals surface area contributed by atoms with E-state index in [1.54, 1.807) is 26.0 Å². The Bertz CT molecular complexity index is 1650. The molecule has 2 aromatic carbocycles. The Kier molecular flexibility index (Phi) is 9.02. The fourth-order valence-corrected chi connectivity index (χ4v) is 7.34. The number of aliphatic hydroxyl groups excluding tert-OH is 1. The Morgan fingerprint density at radius 1 is 1.12 bits per heavy atom. The minimum Gasteiger partial charge on any atom is -0.486 e. The van der Waals surface area contributed by atoms with E-state index in [9.17, 15) is 26.7 Å². The summed E-state index contributed by atoms with van der Waals surface area (Å²) in [5, 5.41) is 13.7. The summed E-state index contributed by atoms with van der Waals surface area (Å²) in [6.07, 6.45) is -0.824. The molecule has 228 valence electrons. The molecule has 0 aliphatic carbocycles. The lowest BCUT2D eigenvalue weighted by molar-refractivity contribution is 0.0389. The smallest absolute Gasteiger partial charge is 0.262 e. The van der Waals surface area contributed by atoms with Gasteiger partial charge in [0.1, 0.15) is 16.7 Å². The first-order valence-corrected chi connectivity index (χ1v) is 16.3. The van der Waals surface area contributed by atoms with Crippen molar-refractivity contribution in [2.45, 2.75) is 56.6 Å². The second-order valence-electron chi connectivity index (χ2n) is 10.7. The zero-order valence-corrected chi connectivity index (χ0v) is 26.0. The zero-order valence-electron chi connectivity index (χ0n) is 24.4. The average Bonchev–Trinajstić information content (AvgIpc) is 3.28. The van der Waals surface area contributed by atoms with Gasteiger partial charge >= 0.3 is 0 Å². The standard InChI is InChI=1S/C28H36N4O8S2/c1-17-10-12-22(13-11-17)41(35,36)30-24-9-7-8-23-26(24)39-25(18(2)14-32(28(23)34)19(3)16-33)15-31(6)42(37,38)27-20(4)29-40-21(27)5/h7-13,18-19,25,30,33H,14-16H2,1-6H3/t18-,19+,25-/m0/s1. The molecule has 42 heavy (non-hydrogen) atoms. The van der Waals surface area contributed by atoms with E-state index in [1.807, 2.05) is 6.92 Å². The molecule has 14 heteroatoms. The van der Waals surface area contributed by atoms with E-state index < -0.39 is 44.0 Å². The molecule has 12 nitrogen and oxygen atoms in total. The number of ether oxygens (including phenoxy) is 1. The summed E-state index contributed by atoms with van der Waals surface area (Å²) >= 11 is 0. The molecule has 0 fully saturated rings. The second-order valence-corrected chi connectivity index (χ2v) is 14.3. The lowest BCUT2D eigenvalue weighted by Gasteiger charge is -2.38. The van der Waals surface area contributed by atoms with Crippen LogP contribution in [0, 0.1) is 26.7 Å². The number of nitrogens with one attached hydrogen (secondary N) is 1. The molecule has 0 bridgehead atoms. The van der Waals surface area contributed by atoms with Crippen LogP contribution < -0.4 is 9.46 Å². The molecule has 1 aromatic heterocycles. The van der Waals surface area contributed by atoms with Gasteiger partial charge in [0.05, 0.1) is 35.3 Å². The number of hydrogen-bond donors (Lipinski definition) is 2. The molecule has 2 heterocycles. The highest BCUT2D eigenvalue weighted by atomic mass is 32.2. The predicted molar refractivity (Wildman–Crippen MR) is 155 cm³/mol. The van der Waals surface area contributed by atoms with E-state index in [2.05, 4.69) is 9.88 Å². The van der Waals surface area contributed by atoms with Crippen LogP contribution in [0.25, 0.3) is 0 Å². The highest BCUT2D eigenvalue weighted by molar-refractivity contribution is 7.92. The zero-order chi connectivity index (χ0) is 31.0. The van der Waals surface area contributed by atoms with Gasteiger partial charge < -0.3 is 19.3 Å². The van der Waals surface area contributed by atoms with Gasteiger partial charge in [0.2, 0.25) is 10.0 Å². The number of anilines is 1. The summed E-state index contributed by atoms with van der Waals surface area (Å²) in [6, 6.07) is 10.2. The third kappa shape index (κ3) is 6.16. The van der Waals surface area contributed by atoms with E-state index >= 15 is 0 Å². The first-order valence-electron chi connectivity index (χ1n) is 13.4. The number of carbonyl (C=O) groups excluding carboxylic acids is 1. The van der Waals surface area contributed by atoms with Crippen LogP contribution in [-0.2, 0) is 20.0 Å². The fourth-order valence-electron chi connectivity index (χ4n) is 4.81. The molecule has 0 spiro atoms. The van der Waals surface area contributed by atoms with Crippen LogP contribution in [0.4, 0.5) is 5.69 Å². The number of carbonyl (C=O) groups is 1. The van der Waals surface area contributed by atoms with Crippen molar-refractivity contribution in [1.82, 2.24) is 14.4 Å². The molecule has 1 aliphatic rings. The van der Waals surface area contributed by atoms with Gasteiger partial charge in [0, 0.05) is 19.5 Å². The van der Waals surface area contributed by atoms with Gasteiger partial charge in [0.25, 0.3) is 15.9 Å². The van der Waals surface area contributed by atoms with Gasteiger partial charge in [-0.3, -0.25) is 9.52 Å². The topological polar surface area (TPSA) is 159 Å². The number of fused-ring (bicyclic) bond motifs is 1. The summed E-state index contributed by atoms with van der Waals surface area (Å²) in [5.41, 5.74) is 1.21. The van der Waals surface area contributed by atoms with Gasteiger partial charge in [-0.2, -0.15) is 4.31 Å². The number of nitrogens with zero attached hydrogens (tertiary/aromatic N) is 3. The first kappa shape index (κ1) is 31.5. The molecule has 0 saturated heterocycles. The number of likely N-dealkylation sites (N-methyl/N-ethyl adjacent to an activating group) is 1. The van der Waals surface area contributed by atoms with Gasteiger partial charge in [0.15, 0.2) is 11.5 Å². The van der Waals surface area contributed by atoms with Crippen molar-refractivity contribution < 1.29 is 36.0 Å². The Balaban J connectivity index is 1.78. The monoisotopic (exact) mass is 620 g/mol. The Labute approximate surface area is 246 Å². The van der Waals surface area contributed by atoms with E-state index in [4.69, 9.17) is 9.26 Å². The third-order valence-electron chi connectivity index (χ3n) is 7.34. The number of amides is 1. The maximum atomic E-state index is 13.7. The van der Waals surface area contributed by atoms with Crippen LogP contribution >= 0.6 is 0 Å². The van der Waals surface area contributed by atoms with Gasteiger partial charge in [-0.25, -0.2) is 16.8 Å². The second kappa shape index (κ2) is 12.0. The number of aromatic nitrogens is 1. The SMILES string of the molecule is Cc1ccc(S(=O)(=O)Nc2cccc3c2O[C@@H](CN(C)S(=O)(=O)c2c(C)noc2C)[C@@H](C)CN([C@H](C)CO)C3=O)cc1. The molecule has 4 rings (SSSR count). The largest absolute Gasteiger partial charge is 0.486 e. The number of sulfonamides is 2. The van der Waals surface area contributed by atoms with Crippen LogP contribution in [0.5, 0.6) is 5.75 Å². The van der Waals surface area contributed by atoms with Crippen molar-refractivity contribution in [2.24, 2.45) is 5.92 Å². The van der Waals surface area contributed by atoms with E-state index in [1.165, 1.54) is 56.1 Å². The van der Waals surface area contributed by atoms with Crippen molar-refractivity contribution in [1.29, 1.82) is 0 Å². The molecule has 0 saturated carbocycles. The van der Waals surface area contributed by atoms with Crippen LogP contribution in [0.2, 0.25) is 0 Å². The van der Waals surface area contributed by atoms with E-state index in [-0.39, 0.29) is 57.9 Å². The molecule has 3 atom stereocenters. The summed E-state index contributed by atoms with van der Waals surface area (Å²) in [5.74, 6) is -0.768. The lowest BCUT2D eigenvalue weighted by Crippen LogP contribution is -2.50. The normalized spacial score (nSPS) is 18.7. The van der Waals surface area contributed by atoms with Crippen molar-refractivity contribution in [2.75, 3.05) is 31.5 Å². The Morgan fingerprint density at radius 3 is 2.38 bits per heavy atom. The molecule has 1 amide bonds. The van der Waals surface area contributed by atoms with Crippen LogP contribution in [0.1, 0.15) is 41.2 Å². The molecular formula is C28H36N4O8S2. The highest BCUT2D eigenvalue weighted by Gasteiger charge is 2.37. The predicted octanol–water partition coefficient (Wildman–Crippen LogP) is 2.94. The maximum absolute atomic E-state index is 13.7. The fraction of sp³-hybridized carbons (Fsp3) is 0.429. The number of hydrogen-bond acceptors (Lipinski definition) is 9. The third-order valence-corrected chi connectivity index (χ3v) is 10.8. The molecule has 2 N–H and O–H groups in total. The highest BCUT2D eigenvalue weighted by Crippen LogP contribution is 2.36. The quantitative estimate of drug-likeness (QED) is 0.367. The van der Waals surface area contributed by atoms with Crippen LogP contribution in [0.15, 0.2) is 56.8 Å². The van der Waals surface area contributed by atoms with Crippen molar-refractivity contribution in [3.8, 4) is 5.75 Å². The van der Waals surface area contributed by atoms with Gasteiger partial charge in [-0.05, 0) is 52.0 Å². The van der Waals surface area contributed by atoms with Crippen LogP contribution in [0.3, 0.4) is 0 Å². The summed E-state index contributed by atoms with van der Waals surface area (Å²) in [4.78, 5) is 15.2. The number of aliphatic hydroxyl groups is 1. The maximum Gasteiger partial charge on any atom is 0.262 e. The minimum atomic E-state index is -4.07. The van der Waals surface area contributed by atoms with Crippen LogP contribution in [-0.4, -0.2) is 81.1 Å². The van der Waals surface area contributed by atoms with E-state index in [0.717, 1.165) is 9.87 Å². The van der Waals surface area contributed by atoms with E-state index in [0.29, 0.717) is 0 Å². The van der Waals surface area contributed by atoms with Crippen molar-refractivity contribution in [3.63, 3.8) is 0 Å². The van der Waals surface area contributed by atoms with Gasteiger partial charge in [-0.15, -0.1) is 0 Å². The molecular weight excluding hydrogens is 584 g/mol. The summed E-state index contributed by atoms with van der Waals surface area (Å²) in [6.45, 7) is 8.10.